The number of halogens is 1. The van der Waals surface area contributed by atoms with Gasteiger partial charge in [0.1, 0.15) is 0 Å². The minimum Gasteiger partial charge on any atom is -0.357 e. The van der Waals surface area contributed by atoms with Crippen LogP contribution in [0.3, 0.4) is 0 Å². The average molecular weight is 553 g/mol. The van der Waals surface area contributed by atoms with E-state index in [1.54, 1.807) is 0 Å². The summed E-state index contributed by atoms with van der Waals surface area (Å²) in [7, 11) is 2.04. The molecule has 7 heteroatoms. The predicted octanol–water partition coefficient (Wildman–Crippen LogP) is 4.19. The topological polar surface area (TPSA) is 57.5 Å². The standard InChI is InChI=1S/C25H40N6.HI/c1-6-23-22(24(7-2)30(5)29-23)17-27-25(26-8-3)28-21-12-14-31(15-13-21)18-20-11-9-10-19(4)16-20;/h9-11,16,21H,6-8,12-15,17-18H2,1-5H3,(H2,26,27,28);1H. The van der Waals surface area contributed by atoms with Crippen molar-refractivity contribution in [3.63, 3.8) is 0 Å². The van der Waals surface area contributed by atoms with Crippen LogP contribution in [0.2, 0.25) is 0 Å². The van der Waals surface area contributed by atoms with E-state index in [0.29, 0.717) is 12.6 Å². The van der Waals surface area contributed by atoms with Gasteiger partial charge in [-0.2, -0.15) is 5.10 Å². The minimum atomic E-state index is 0. The second kappa shape index (κ2) is 13.2. The summed E-state index contributed by atoms with van der Waals surface area (Å²) < 4.78 is 2.02. The molecule has 0 atom stereocenters. The quantitative estimate of drug-likeness (QED) is 0.293. The monoisotopic (exact) mass is 552 g/mol. The second-order valence-electron chi connectivity index (χ2n) is 8.58. The highest BCUT2D eigenvalue weighted by molar-refractivity contribution is 14.0. The SMILES string of the molecule is CCNC(=NCc1c(CC)nn(C)c1CC)NC1CCN(Cc2cccc(C)c2)CC1.I. The van der Waals surface area contributed by atoms with Gasteiger partial charge < -0.3 is 10.6 Å². The van der Waals surface area contributed by atoms with Crippen molar-refractivity contribution in [1.82, 2.24) is 25.3 Å². The molecule has 1 aliphatic rings. The van der Waals surface area contributed by atoms with Gasteiger partial charge in [0.15, 0.2) is 5.96 Å². The normalized spacial score (nSPS) is 15.5. The predicted molar refractivity (Wildman–Crippen MR) is 145 cm³/mol. The third-order valence-corrected chi connectivity index (χ3v) is 6.18. The molecule has 1 aromatic heterocycles. The van der Waals surface area contributed by atoms with Crippen molar-refractivity contribution in [2.45, 2.75) is 72.5 Å². The summed E-state index contributed by atoms with van der Waals surface area (Å²) in [5.41, 5.74) is 6.50. The second-order valence-corrected chi connectivity index (χ2v) is 8.58. The zero-order valence-electron chi connectivity index (χ0n) is 20.4. The summed E-state index contributed by atoms with van der Waals surface area (Å²) >= 11 is 0. The first-order valence-electron chi connectivity index (χ1n) is 11.9. The van der Waals surface area contributed by atoms with Crippen LogP contribution in [0, 0.1) is 6.92 Å². The maximum atomic E-state index is 4.93. The first-order chi connectivity index (χ1) is 15.0. The Morgan fingerprint density at radius 2 is 1.91 bits per heavy atom. The molecule has 2 aromatic rings. The van der Waals surface area contributed by atoms with Gasteiger partial charge in [-0.3, -0.25) is 9.58 Å². The number of rotatable bonds is 8. The molecule has 0 saturated carbocycles. The molecular weight excluding hydrogens is 511 g/mol. The van der Waals surface area contributed by atoms with Crippen molar-refractivity contribution in [3.05, 3.63) is 52.3 Å². The Kier molecular flexibility index (Phi) is 11.0. The van der Waals surface area contributed by atoms with Crippen molar-refractivity contribution >= 4 is 29.9 Å². The van der Waals surface area contributed by atoms with Crippen molar-refractivity contribution in [3.8, 4) is 0 Å². The molecule has 0 radical (unpaired) electrons. The molecule has 0 unspecified atom stereocenters. The molecule has 2 heterocycles. The van der Waals surface area contributed by atoms with Crippen molar-refractivity contribution in [2.75, 3.05) is 19.6 Å². The van der Waals surface area contributed by atoms with E-state index in [1.807, 2.05) is 11.7 Å². The van der Waals surface area contributed by atoms with Crippen LogP contribution >= 0.6 is 24.0 Å². The van der Waals surface area contributed by atoms with Crippen LogP contribution in [0.5, 0.6) is 0 Å². The van der Waals surface area contributed by atoms with Gasteiger partial charge >= 0.3 is 0 Å². The number of likely N-dealkylation sites (tertiary alicyclic amines) is 1. The van der Waals surface area contributed by atoms with E-state index < -0.39 is 0 Å². The van der Waals surface area contributed by atoms with Gasteiger partial charge in [-0.05, 0) is 45.1 Å². The molecule has 1 saturated heterocycles. The van der Waals surface area contributed by atoms with E-state index in [2.05, 4.69) is 72.6 Å². The third kappa shape index (κ3) is 7.20. The molecule has 6 nitrogen and oxygen atoms in total. The highest BCUT2D eigenvalue weighted by Gasteiger charge is 2.20. The first kappa shape index (κ1) is 26.6. The lowest BCUT2D eigenvalue weighted by atomic mass is 10.0. The average Bonchev–Trinajstić information content (AvgIpc) is 3.08. The van der Waals surface area contributed by atoms with Crippen molar-refractivity contribution < 1.29 is 0 Å². The van der Waals surface area contributed by atoms with Gasteiger partial charge in [0.2, 0.25) is 0 Å². The van der Waals surface area contributed by atoms with E-state index in [9.17, 15) is 0 Å². The van der Waals surface area contributed by atoms with Gasteiger partial charge in [0, 0.05) is 50.5 Å². The molecule has 2 N–H and O–H groups in total. The first-order valence-corrected chi connectivity index (χ1v) is 11.9. The smallest absolute Gasteiger partial charge is 0.191 e. The van der Waals surface area contributed by atoms with Crippen LogP contribution in [0.1, 0.15) is 61.7 Å². The third-order valence-electron chi connectivity index (χ3n) is 6.18. The van der Waals surface area contributed by atoms with Crippen LogP contribution < -0.4 is 10.6 Å². The Morgan fingerprint density at radius 3 is 2.53 bits per heavy atom. The molecule has 0 bridgehead atoms. The molecule has 1 aromatic carbocycles. The number of nitrogens with one attached hydrogen (secondary N) is 2. The summed E-state index contributed by atoms with van der Waals surface area (Å²) in [4.78, 5) is 7.50. The number of aromatic nitrogens is 2. The number of hydrogen-bond donors (Lipinski definition) is 2. The Labute approximate surface area is 211 Å². The maximum absolute atomic E-state index is 4.93. The van der Waals surface area contributed by atoms with E-state index in [1.165, 1.54) is 28.1 Å². The van der Waals surface area contributed by atoms with Crippen LogP contribution in [-0.4, -0.2) is 46.3 Å². The van der Waals surface area contributed by atoms with Gasteiger partial charge in [0.05, 0.1) is 12.2 Å². The van der Waals surface area contributed by atoms with Gasteiger partial charge in [-0.25, -0.2) is 4.99 Å². The molecule has 1 aliphatic heterocycles. The fraction of sp³-hybridized carbons (Fsp3) is 0.600. The Hall–Kier alpha value is -1.61. The molecule has 1 fully saturated rings. The molecule has 3 rings (SSSR count). The number of nitrogens with zero attached hydrogens (tertiary/aromatic N) is 4. The molecule has 0 aliphatic carbocycles. The summed E-state index contributed by atoms with van der Waals surface area (Å²) in [6.07, 6.45) is 4.22. The highest BCUT2D eigenvalue weighted by atomic mass is 127. The Morgan fingerprint density at radius 1 is 1.16 bits per heavy atom. The van der Waals surface area contributed by atoms with Crippen LogP contribution in [0.15, 0.2) is 29.3 Å². The summed E-state index contributed by atoms with van der Waals surface area (Å²) in [6.45, 7) is 13.5. The molecule has 0 amide bonds. The number of aliphatic imine (C=N–C) groups is 1. The number of piperidine rings is 1. The molecule has 178 valence electrons. The summed E-state index contributed by atoms with van der Waals surface area (Å²) in [5, 5.41) is 11.8. The maximum Gasteiger partial charge on any atom is 0.191 e. The van der Waals surface area contributed by atoms with Crippen molar-refractivity contribution in [1.29, 1.82) is 0 Å². The number of hydrogen-bond acceptors (Lipinski definition) is 3. The van der Waals surface area contributed by atoms with E-state index >= 15 is 0 Å². The van der Waals surface area contributed by atoms with E-state index in [4.69, 9.17) is 4.99 Å². The molecule has 0 spiro atoms. The lowest BCUT2D eigenvalue weighted by Crippen LogP contribution is -2.48. The lowest BCUT2D eigenvalue weighted by molar-refractivity contribution is 0.198. The van der Waals surface area contributed by atoms with E-state index in [0.717, 1.165) is 57.8 Å². The van der Waals surface area contributed by atoms with Crippen molar-refractivity contribution in [2.24, 2.45) is 12.0 Å². The molecular formula is C25H41IN6. The van der Waals surface area contributed by atoms with E-state index in [-0.39, 0.29) is 24.0 Å². The largest absolute Gasteiger partial charge is 0.357 e. The Balaban J connectivity index is 0.00000363. The fourth-order valence-electron chi connectivity index (χ4n) is 4.55. The van der Waals surface area contributed by atoms with Crippen LogP contribution in [-0.2, 0) is 33.0 Å². The summed E-state index contributed by atoms with van der Waals surface area (Å²) in [6, 6.07) is 9.33. The van der Waals surface area contributed by atoms with Gasteiger partial charge in [0.25, 0.3) is 0 Å². The van der Waals surface area contributed by atoms with Gasteiger partial charge in [-0.15, -0.1) is 24.0 Å². The van der Waals surface area contributed by atoms with Crippen LogP contribution in [0.25, 0.3) is 0 Å². The zero-order chi connectivity index (χ0) is 22.2. The highest BCUT2D eigenvalue weighted by Crippen LogP contribution is 2.17. The minimum absolute atomic E-state index is 0. The summed E-state index contributed by atoms with van der Waals surface area (Å²) in [5.74, 6) is 0.924. The molecule has 32 heavy (non-hydrogen) atoms. The fourth-order valence-corrected chi connectivity index (χ4v) is 4.55. The number of benzene rings is 1. The Bertz CT molecular complexity index is 867. The zero-order valence-corrected chi connectivity index (χ0v) is 22.8. The van der Waals surface area contributed by atoms with Gasteiger partial charge in [-0.1, -0.05) is 43.7 Å². The number of aryl methyl sites for hydroxylation is 3. The number of guanidine groups is 1. The van der Waals surface area contributed by atoms with Crippen LogP contribution in [0.4, 0.5) is 0 Å². The lowest BCUT2D eigenvalue weighted by Gasteiger charge is -2.33.